The van der Waals surface area contributed by atoms with Crippen LogP contribution in [-0.2, 0) is 13.0 Å². The van der Waals surface area contributed by atoms with E-state index in [1.54, 1.807) is 7.11 Å². The highest BCUT2D eigenvalue weighted by Gasteiger charge is 2.26. The van der Waals surface area contributed by atoms with Gasteiger partial charge in [0.25, 0.3) is 5.82 Å². The molecule has 2 radical (unpaired) electrons. The number of aromatic nitrogens is 2. The molecular weight excluding hydrogens is 319 g/mol. The third-order valence-corrected chi connectivity index (χ3v) is 4.60. The molecule has 4 heteroatoms. The number of nitrogens with zero attached hydrogens (tertiary/aromatic N) is 2. The molecule has 3 rings (SSSR count). The number of para-hydroxylation sites is 2. The minimum atomic E-state index is 0.786. The van der Waals surface area contributed by atoms with Crippen LogP contribution < -0.4 is 14.8 Å². The number of benzene rings is 2. The van der Waals surface area contributed by atoms with E-state index in [-0.39, 0.29) is 0 Å². The van der Waals surface area contributed by atoms with E-state index in [9.17, 15) is 0 Å². The summed E-state index contributed by atoms with van der Waals surface area (Å²) in [4.78, 5) is 0. The lowest BCUT2D eigenvalue weighted by molar-refractivity contribution is -0.604. The number of hydrogen-bond donors (Lipinski definition) is 0. The van der Waals surface area contributed by atoms with Crippen LogP contribution in [0.5, 0.6) is 5.75 Å². The fraction of sp³-hybridized carbons (Fsp3) is 0.318. The first-order valence-corrected chi connectivity index (χ1v) is 9.33. The van der Waals surface area contributed by atoms with E-state index in [0.29, 0.717) is 0 Å². The van der Waals surface area contributed by atoms with Gasteiger partial charge in [-0.15, -0.1) is 0 Å². The molecule has 0 saturated heterocycles. The molecule has 2 aromatic carbocycles. The van der Waals surface area contributed by atoms with Crippen LogP contribution in [0.1, 0.15) is 32.5 Å². The molecule has 1 heterocycles. The Morgan fingerprint density at radius 3 is 2.38 bits per heavy atom. The highest BCUT2D eigenvalue weighted by Crippen LogP contribution is 2.25. The van der Waals surface area contributed by atoms with E-state index in [0.717, 1.165) is 42.7 Å². The van der Waals surface area contributed by atoms with Crippen molar-refractivity contribution in [1.82, 2.24) is 4.57 Å². The molecule has 0 atom stereocenters. The molecule has 26 heavy (non-hydrogen) atoms. The Kier molecular flexibility index (Phi) is 5.82. The predicted octanol–water partition coefficient (Wildman–Crippen LogP) is 3.60. The van der Waals surface area contributed by atoms with E-state index < -0.39 is 0 Å². The Morgan fingerprint density at radius 1 is 1.00 bits per heavy atom. The van der Waals surface area contributed by atoms with Crippen molar-refractivity contribution in [2.45, 2.75) is 39.7 Å². The Bertz CT molecular complexity index is 868. The second-order valence-electron chi connectivity index (χ2n) is 6.50. The quantitative estimate of drug-likeness (QED) is 0.473. The number of methoxy groups -OCH3 is 1. The Labute approximate surface area is 157 Å². The Morgan fingerprint density at radius 2 is 1.73 bits per heavy atom. The van der Waals surface area contributed by atoms with E-state index in [1.165, 1.54) is 17.1 Å². The maximum atomic E-state index is 5.88. The molecule has 132 valence electrons. The zero-order valence-electron chi connectivity index (χ0n) is 15.9. The fourth-order valence-electron chi connectivity index (χ4n) is 3.41. The zero-order valence-corrected chi connectivity index (χ0v) is 15.9. The molecule has 0 N–H and O–H groups in total. The van der Waals surface area contributed by atoms with Crippen LogP contribution in [0.25, 0.3) is 16.9 Å². The van der Waals surface area contributed by atoms with Gasteiger partial charge in [-0.3, -0.25) is 0 Å². The maximum Gasteiger partial charge on any atom is 0.262 e. The largest absolute Gasteiger partial charge is 0.492 e. The summed E-state index contributed by atoms with van der Waals surface area (Å²) in [6, 6.07) is 16.3. The molecule has 1 aromatic heterocycles. The van der Waals surface area contributed by atoms with Gasteiger partial charge in [0.1, 0.15) is 14.0 Å². The number of ether oxygens (including phenoxy) is 1. The Balaban J connectivity index is 2.24. The van der Waals surface area contributed by atoms with Gasteiger partial charge in [0.05, 0.1) is 13.7 Å². The van der Waals surface area contributed by atoms with Crippen molar-refractivity contribution in [2.24, 2.45) is 0 Å². The maximum absolute atomic E-state index is 5.88. The molecule has 0 saturated carbocycles. The average Bonchev–Trinajstić information content (AvgIpc) is 3.01. The molecule has 0 amide bonds. The van der Waals surface area contributed by atoms with E-state index in [4.69, 9.17) is 12.6 Å². The fourth-order valence-corrected chi connectivity index (χ4v) is 3.41. The minimum absolute atomic E-state index is 0.786. The highest BCUT2D eigenvalue weighted by molar-refractivity contribution is 6.32. The summed E-state index contributed by atoms with van der Waals surface area (Å²) in [6.07, 6.45) is 5.40. The van der Waals surface area contributed by atoms with Gasteiger partial charge in [-0.25, -0.2) is 4.57 Å². The van der Waals surface area contributed by atoms with Gasteiger partial charge in [0.2, 0.25) is 0 Å². The van der Waals surface area contributed by atoms with E-state index >= 15 is 0 Å². The topological polar surface area (TPSA) is 18.0 Å². The predicted molar refractivity (Wildman–Crippen MR) is 108 cm³/mol. The molecular formula is C22H26BN2O+. The lowest BCUT2D eigenvalue weighted by atomic mass is 9.95. The normalized spacial score (nSPS) is 10.9. The highest BCUT2D eigenvalue weighted by atomic mass is 16.5. The summed E-state index contributed by atoms with van der Waals surface area (Å²) >= 11 is 0. The third-order valence-electron chi connectivity index (χ3n) is 4.60. The summed E-state index contributed by atoms with van der Waals surface area (Å²) in [7, 11) is 7.61. The summed E-state index contributed by atoms with van der Waals surface area (Å²) in [5, 5.41) is 0. The Hall–Kier alpha value is -2.49. The first kappa shape index (κ1) is 18.3. The molecule has 0 bridgehead atoms. The molecule has 0 aliphatic carbocycles. The van der Waals surface area contributed by atoms with Gasteiger partial charge in [-0.1, -0.05) is 55.7 Å². The monoisotopic (exact) mass is 345 g/mol. The van der Waals surface area contributed by atoms with Crippen LogP contribution in [0.15, 0.2) is 54.7 Å². The van der Waals surface area contributed by atoms with Gasteiger partial charge in [0.15, 0.2) is 17.1 Å². The second-order valence-corrected chi connectivity index (χ2v) is 6.50. The lowest BCUT2D eigenvalue weighted by Gasteiger charge is -2.08. The van der Waals surface area contributed by atoms with Gasteiger partial charge in [-0.05, 0) is 25.0 Å². The van der Waals surface area contributed by atoms with Gasteiger partial charge < -0.3 is 4.74 Å². The standard InChI is InChI=1S/C22H26BN2O/c1-4-8-22-24(15-5-2)20(17-11-13-18(23)14-12-17)16-25(22)19-9-6-7-10-21(19)26-3/h6-7,9-14,16H,4-5,8,15H2,1-3H3/q+1. The van der Waals surface area contributed by atoms with Crippen molar-refractivity contribution in [3.8, 4) is 22.7 Å². The van der Waals surface area contributed by atoms with Gasteiger partial charge in [-0.2, -0.15) is 4.57 Å². The SMILES string of the molecule is [B]c1ccc(-c2c[n+](-c3ccccc3OC)c(CCC)n2CCC)cc1. The molecule has 0 spiro atoms. The number of imidazole rings is 1. The molecule has 0 unspecified atom stereocenters. The van der Waals surface area contributed by atoms with Crippen LogP contribution in [-0.4, -0.2) is 19.5 Å². The lowest BCUT2D eigenvalue weighted by Crippen LogP contribution is -2.35. The summed E-state index contributed by atoms with van der Waals surface area (Å²) in [5.41, 5.74) is 4.25. The third kappa shape index (κ3) is 3.55. The summed E-state index contributed by atoms with van der Waals surface area (Å²) in [6.45, 7) is 5.42. The molecule has 0 fully saturated rings. The van der Waals surface area contributed by atoms with Gasteiger partial charge in [0, 0.05) is 12.0 Å². The van der Waals surface area contributed by atoms with Crippen LogP contribution in [0.2, 0.25) is 0 Å². The number of hydrogen-bond acceptors (Lipinski definition) is 1. The summed E-state index contributed by atoms with van der Waals surface area (Å²) in [5.74, 6) is 2.18. The van der Waals surface area contributed by atoms with Crippen molar-refractivity contribution >= 4 is 13.3 Å². The van der Waals surface area contributed by atoms with Crippen LogP contribution >= 0.6 is 0 Å². The summed E-state index contributed by atoms with van der Waals surface area (Å²) < 4.78 is 10.3. The van der Waals surface area contributed by atoms with Crippen molar-refractivity contribution in [3.63, 3.8) is 0 Å². The minimum Gasteiger partial charge on any atom is -0.492 e. The smallest absolute Gasteiger partial charge is 0.262 e. The van der Waals surface area contributed by atoms with Crippen LogP contribution in [0, 0.1) is 0 Å². The van der Waals surface area contributed by atoms with Crippen molar-refractivity contribution < 1.29 is 9.30 Å². The number of rotatable bonds is 7. The van der Waals surface area contributed by atoms with Gasteiger partial charge >= 0.3 is 0 Å². The average molecular weight is 345 g/mol. The van der Waals surface area contributed by atoms with Crippen LogP contribution in [0.3, 0.4) is 0 Å². The molecule has 3 aromatic rings. The van der Waals surface area contributed by atoms with Crippen LogP contribution in [0.4, 0.5) is 0 Å². The zero-order chi connectivity index (χ0) is 18.5. The van der Waals surface area contributed by atoms with Crippen molar-refractivity contribution in [3.05, 3.63) is 60.6 Å². The van der Waals surface area contributed by atoms with Crippen molar-refractivity contribution in [2.75, 3.05) is 7.11 Å². The van der Waals surface area contributed by atoms with E-state index in [1.807, 2.05) is 24.3 Å². The van der Waals surface area contributed by atoms with E-state index in [2.05, 4.69) is 53.4 Å². The molecule has 3 nitrogen and oxygen atoms in total. The molecule has 0 aliphatic heterocycles. The molecule has 0 aliphatic rings. The first-order valence-electron chi connectivity index (χ1n) is 9.33. The van der Waals surface area contributed by atoms with Crippen molar-refractivity contribution in [1.29, 1.82) is 0 Å². The second kappa shape index (κ2) is 8.26. The first-order chi connectivity index (χ1) is 12.7.